The highest BCUT2D eigenvalue weighted by molar-refractivity contribution is 9.10. The van der Waals surface area contributed by atoms with Crippen molar-refractivity contribution in [3.63, 3.8) is 0 Å². The summed E-state index contributed by atoms with van der Waals surface area (Å²) >= 11 is 3.35. The highest BCUT2D eigenvalue weighted by atomic mass is 79.9. The lowest BCUT2D eigenvalue weighted by Crippen LogP contribution is -2.41. The molecule has 0 radical (unpaired) electrons. The number of benzene rings is 2. The number of carbonyl (C=O) groups excluding carboxylic acids is 1. The molecule has 98 valence electrons. The summed E-state index contributed by atoms with van der Waals surface area (Å²) in [5.74, 6) is 5.16. The van der Waals surface area contributed by atoms with E-state index in [1.54, 1.807) is 18.2 Å². The summed E-state index contributed by atoms with van der Waals surface area (Å²) in [6, 6.07) is 12.5. The van der Waals surface area contributed by atoms with E-state index >= 15 is 0 Å². The Morgan fingerprint density at radius 3 is 2.68 bits per heavy atom. The van der Waals surface area contributed by atoms with Crippen LogP contribution >= 0.6 is 15.9 Å². The van der Waals surface area contributed by atoms with Crippen LogP contribution in [0.15, 0.2) is 46.9 Å². The van der Waals surface area contributed by atoms with Gasteiger partial charge in [-0.1, -0.05) is 22.0 Å². The zero-order valence-corrected chi connectivity index (χ0v) is 11.7. The van der Waals surface area contributed by atoms with Crippen LogP contribution in [-0.2, 0) is 0 Å². The number of hydrogen-bond donors (Lipinski definition) is 4. The topological polar surface area (TPSA) is 94.8 Å². The molecule has 0 fully saturated rings. The van der Waals surface area contributed by atoms with E-state index < -0.39 is 0 Å². The first-order valence-corrected chi connectivity index (χ1v) is 6.39. The third-order valence-corrected chi connectivity index (χ3v) is 3.10. The molecule has 5 nitrogen and oxygen atoms in total. The summed E-state index contributed by atoms with van der Waals surface area (Å²) in [7, 11) is 0. The molecular formula is C13H14BrN4O+. The second-order valence-electron chi connectivity index (χ2n) is 3.98. The normalized spacial score (nSPS) is 10.1. The van der Waals surface area contributed by atoms with Gasteiger partial charge < -0.3 is 16.5 Å². The molecular weight excluding hydrogens is 308 g/mol. The molecule has 0 atom stereocenters. The van der Waals surface area contributed by atoms with Gasteiger partial charge in [0, 0.05) is 21.8 Å². The maximum Gasteiger partial charge on any atom is 0.255 e. The van der Waals surface area contributed by atoms with Crippen molar-refractivity contribution in [2.75, 3.05) is 10.7 Å². The number of nitrogens with one attached hydrogen (secondary N) is 2. The second-order valence-corrected chi connectivity index (χ2v) is 4.90. The molecule has 0 heterocycles. The molecule has 2 aromatic carbocycles. The van der Waals surface area contributed by atoms with Gasteiger partial charge in [-0.25, -0.2) is 0 Å². The largest absolute Gasteiger partial charge is 0.323 e. The quantitative estimate of drug-likeness (QED) is 0.513. The molecule has 0 aliphatic rings. The summed E-state index contributed by atoms with van der Waals surface area (Å²) in [5, 5.41) is 2.81. The number of anilines is 2. The Kier molecular flexibility index (Phi) is 4.16. The minimum atomic E-state index is -0.199. The van der Waals surface area contributed by atoms with Crippen LogP contribution in [0.4, 0.5) is 17.1 Å². The lowest BCUT2D eigenvalue weighted by Gasteiger charge is -2.07. The van der Waals surface area contributed by atoms with Gasteiger partial charge in [-0.2, -0.15) is 0 Å². The molecule has 6 heteroatoms. The molecule has 2 aromatic rings. The monoisotopic (exact) mass is 321 g/mol. The number of hydrogen-bond acceptors (Lipinski definition) is 3. The summed E-state index contributed by atoms with van der Waals surface area (Å²) in [6.07, 6.45) is 0. The highest BCUT2D eigenvalue weighted by Crippen LogP contribution is 2.20. The van der Waals surface area contributed by atoms with Gasteiger partial charge in [0.2, 0.25) is 0 Å². The summed E-state index contributed by atoms with van der Waals surface area (Å²) in [6.45, 7) is 0. The Labute approximate surface area is 119 Å². The zero-order chi connectivity index (χ0) is 13.8. The average Bonchev–Trinajstić information content (AvgIpc) is 2.39. The van der Waals surface area contributed by atoms with Crippen molar-refractivity contribution in [1.29, 1.82) is 0 Å². The van der Waals surface area contributed by atoms with Gasteiger partial charge >= 0.3 is 0 Å². The van der Waals surface area contributed by atoms with Gasteiger partial charge in [0.25, 0.3) is 5.91 Å². The molecule has 0 unspecified atom stereocenters. The molecule has 0 bridgehead atoms. The summed E-state index contributed by atoms with van der Waals surface area (Å²) in [4.78, 5) is 12.1. The van der Waals surface area contributed by atoms with E-state index in [1.165, 1.54) is 0 Å². The summed E-state index contributed by atoms with van der Waals surface area (Å²) < 4.78 is 0.905. The van der Waals surface area contributed by atoms with E-state index in [-0.39, 0.29) is 5.91 Å². The van der Waals surface area contributed by atoms with Crippen LogP contribution in [0.5, 0.6) is 0 Å². The fraction of sp³-hybridized carbons (Fsp3) is 0. The molecule has 0 aromatic heterocycles. The molecule has 0 saturated heterocycles. The van der Waals surface area contributed by atoms with E-state index in [4.69, 9.17) is 5.84 Å². The average molecular weight is 322 g/mol. The van der Waals surface area contributed by atoms with Crippen LogP contribution in [0.25, 0.3) is 0 Å². The highest BCUT2D eigenvalue weighted by Gasteiger charge is 2.09. The minimum Gasteiger partial charge on any atom is -0.323 e. The molecule has 2 rings (SSSR count). The predicted molar refractivity (Wildman–Crippen MR) is 78.9 cm³/mol. The van der Waals surface area contributed by atoms with E-state index in [0.717, 1.165) is 15.8 Å². The first-order valence-electron chi connectivity index (χ1n) is 5.59. The number of amides is 1. The molecule has 7 N–H and O–H groups in total. The Hall–Kier alpha value is -1.89. The van der Waals surface area contributed by atoms with Crippen molar-refractivity contribution >= 4 is 38.9 Å². The molecule has 0 spiro atoms. The Morgan fingerprint density at radius 2 is 2.00 bits per heavy atom. The Morgan fingerprint density at radius 1 is 1.21 bits per heavy atom. The van der Waals surface area contributed by atoms with E-state index in [2.05, 4.69) is 32.4 Å². The van der Waals surface area contributed by atoms with Crippen molar-refractivity contribution in [2.24, 2.45) is 5.84 Å². The van der Waals surface area contributed by atoms with Crippen molar-refractivity contribution in [3.05, 3.63) is 52.5 Å². The number of quaternary nitrogens is 1. The van der Waals surface area contributed by atoms with Crippen molar-refractivity contribution in [2.45, 2.75) is 0 Å². The zero-order valence-electron chi connectivity index (χ0n) is 10.1. The Balaban J connectivity index is 2.20. The molecule has 0 aliphatic heterocycles. The van der Waals surface area contributed by atoms with E-state index in [1.807, 2.05) is 24.3 Å². The van der Waals surface area contributed by atoms with Crippen LogP contribution < -0.4 is 22.3 Å². The minimum absolute atomic E-state index is 0.199. The second kappa shape index (κ2) is 5.83. The number of nitrogen functional groups attached to an aromatic ring is 1. The third-order valence-electron chi connectivity index (χ3n) is 2.61. The van der Waals surface area contributed by atoms with Gasteiger partial charge in [-0.3, -0.25) is 10.6 Å². The van der Waals surface area contributed by atoms with Crippen LogP contribution in [-0.4, -0.2) is 5.91 Å². The first kappa shape index (κ1) is 13.5. The van der Waals surface area contributed by atoms with Gasteiger partial charge in [-0.05, 0) is 30.3 Å². The third kappa shape index (κ3) is 3.31. The fourth-order valence-electron chi connectivity index (χ4n) is 1.62. The first-order chi connectivity index (χ1) is 9.10. The molecule has 0 aliphatic carbocycles. The number of halogens is 1. The van der Waals surface area contributed by atoms with Crippen LogP contribution in [0.3, 0.4) is 0 Å². The Bertz CT molecular complexity index is 615. The van der Waals surface area contributed by atoms with Gasteiger partial charge in [-0.15, -0.1) is 0 Å². The fourth-order valence-corrected chi connectivity index (χ4v) is 2.02. The lowest BCUT2D eigenvalue weighted by atomic mass is 10.1. The molecule has 1 amide bonds. The summed E-state index contributed by atoms with van der Waals surface area (Å²) in [5.41, 5.74) is 8.92. The maximum absolute atomic E-state index is 12.1. The van der Waals surface area contributed by atoms with Crippen LogP contribution in [0.1, 0.15) is 10.4 Å². The van der Waals surface area contributed by atoms with Gasteiger partial charge in [0.15, 0.2) is 5.69 Å². The predicted octanol–water partition coefficient (Wildman–Crippen LogP) is 1.86. The van der Waals surface area contributed by atoms with E-state index in [0.29, 0.717) is 11.3 Å². The molecule has 19 heavy (non-hydrogen) atoms. The van der Waals surface area contributed by atoms with Crippen molar-refractivity contribution in [1.82, 2.24) is 0 Å². The van der Waals surface area contributed by atoms with Gasteiger partial charge in [0.05, 0.1) is 0 Å². The van der Waals surface area contributed by atoms with Crippen molar-refractivity contribution in [3.8, 4) is 0 Å². The maximum atomic E-state index is 12.1. The standard InChI is InChI=1S/C13H13BrN4O/c14-9-2-1-3-10(7-9)17-13(19)8-4-5-11(15)12(6-8)18-16/h1-7,18H,15-16H2,(H,17,19)/p+1. The van der Waals surface area contributed by atoms with Crippen LogP contribution in [0, 0.1) is 0 Å². The number of rotatable bonds is 3. The smallest absolute Gasteiger partial charge is 0.255 e. The van der Waals surface area contributed by atoms with Crippen molar-refractivity contribution < 1.29 is 10.5 Å². The SMILES string of the molecule is NNc1cc(C(=O)Nc2cccc(Br)c2)ccc1[NH3+]. The lowest BCUT2D eigenvalue weighted by molar-refractivity contribution is -0.253. The van der Waals surface area contributed by atoms with Gasteiger partial charge in [0.1, 0.15) is 5.69 Å². The number of nitrogens with two attached hydrogens (primary N) is 1. The number of hydrazine groups is 1. The molecule has 0 saturated carbocycles. The van der Waals surface area contributed by atoms with E-state index in [9.17, 15) is 4.79 Å². The number of carbonyl (C=O) groups is 1. The van der Waals surface area contributed by atoms with Crippen LogP contribution in [0.2, 0.25) is 0 Å².